The zero-order valence-electron chi connectivity index (χ0n) is 16.7. The molecule has 1 aliphatic carbocycles. The van der Waals surface area contributed by atoms with E-state index in [-0.39, 0.29) is 9.79 Å². The van der Waals surface area contributed by atoms with Crippen molar-refractivity contribution < 1.29 is 16.8 Å². The molecule has 1 aromatic rings. The molecule has 0 unspecified atom stereocenters. The Kier molecular flexibility index (Phi) is 6.81. The van der Waals surface area contributed by atoms with Crippen LogP contribution in [0, 0.1) is 0 Å². The van der Waals surface area contributed by atoms with E-state index >= 15 is 0 Å². The van der Waals surface area contributed by atoms with Crippen molar-refractivity contribution in [3.05, 3.63) is 24.3 Å². The van der Waals surface area contributed by atoms with Crippen LogP contribution in [0.1, 0.15) is 39.5 Å². The fourth-order valence-electron chi connectivity index (χ4n) is 4.22. The Labute approximate surface area is 169 Å². The van der Waals surface area contributed by atoms with Crippen molar-refractivity contribution in [2.45, 2.75) is 55.4 Å². The van der Waals surface area contributed by atoms with E-state index in [9.17, 15) is 16.8 Å². The maximum absolute atomic E-state index is 13.0. The molecule has 0 aromatic heterocycles. The SMILES string of the molecule is CCN(CC)S(=O)(=O)c1ccc(S(=O)(=O)N2CCN(C3CCCC3)CC2)cc1. The molecule has 0 amide bonds. The molecule has 9 heteroatoms. The maximum atomic E-state index is 13.0. The van der Waals surface area contributed by atoms with Crippen LogP contribution in [0.3, 0.4) is 0 Å². The van der Waals surface area contributed by atoms with Crippen molar-refractivity contribution in [2.24, 2.45) is 0 Å². The van der Waals surface area contributed by atoms with Crippen LogP contribution >= 0.6 is 0 Å². The quantitative estimate of drug-likeness (QED) is 0.662. The zero-order chi connectivity index (χ0) is 20.4. The lowest BCUT2D eigenvalue weighted by molar-refractivity contribution is 0.139. The molecule has 1 aromatic carbocycles. The normalized spacial score (nSPS) is 20.8. The van der Waals surface area contributed by atoms with Crippen LogP contribution in [0.15, 0.2) is 34.1 Å². The Morgan fingerprint density at radius 1 is 0.857 bits per heavy atom. The molecular weight excluding hydrogens is 398 g/mol. The average Bonchev–Trinajstić information content (AvgIpc) is 3.24. The molecule has 0 radical (unpaired) electrons. The fourth-order valence-corrected chi connectivity index (χ4v) is 7.10. The Morgan fingerprint density at radius 3 is 1.86 bits per heavy atom. The first kappa shape index (κ1) is 21.7. The summed E-state index contributed by atoms with van der Waals surface area (Å²) in [4.78, 5) is 2.69. The number of hydrogen-bond donors (Lipinski definition) is 0. The minimum atomic E-state index is -3.60. The van der Waals surface area contributed by atoms with E-state index in [1.807, 2.05) is 0 Å². The monoisotopic (exact) mass is 429 g/mol. The van der Waals surface area contributed by atoms with Gasteiger partial charge in [0.15, 0.2) is 0 Å². The van der Waals surface area contributed by atoms with Crippen LogP contribution in [0.5, 0.6) is 0 Å². The first-order chi connectivity index (χ1) is 13.3. The molecule has 0 N–H and O–H groups in total. The minimum Gasteiger partial charge on any atom is -0.298 e. The number of nitrogens with zero attached hydrogens (tertiary/aromatic N) is 3. The highest BCUT2D eigenvalue weighted by molar-refractivity contribution is 7.89. The molecule has 2 fully saturated rings. The smallest absolute Gasteiger partial charge is 0.243 e. The highest BCUT2D eigenvalue weighted by Crippen LogP contribution is 2.26. The maximum Gasteiger partial charge on any atom is 0.243 e. The Morgan fingerprint density at radius 2 is 1.36 bits per heavy atom. The number of piperazine rings is 1. The van der Waals surface area contributed by atoms with E-state index in [4.69, 9.17) is 0 Å². The summed E-state index contributed by atoms with van der Waals surface area (Å²) >= 11 is 0. The second-order valence-corrected chi connectivity index (χ2v) is 11.3. The minimum absolute atomic E-state index is 0.126. The highest BCUT2D eigenvalue weighted by Gasteiger charge is 2.32. The third-order valence-electron chi connectivity index (χ3n) is 5.92. The van der Waals surface area contributed by atoms with Crippen molar-refractivity contribution in [3.63, 3.8) is 0 Å². The molecule has 1 saturated heterocycles. The van der Waals surface area contributed by atoms with Crippen LogP contribution in [-0.4, -0.2) is 75.7 Å². The lowest BCUT2D eigenvalue weighted by atomic mass is 10.2. The van der Waals surface area contributed by atoms with Gasteiger partial charge in [-0.1, -0.05) is 26.7 Å². The van der Waals surface area contributed by atoms with Crippen molar-refractivity contribution in [1.82, 2.24) is 13.5 Å². The van der Waals surface area contributed by atoms with Crippen molar-refractivity contribution in [3.8, 4) is 0 Å². The summed E-state index contributed by atoms with van der Waals surface area (Å²) in [5, 5.41) is 0. The Bertz CT molecular complexity index is 851. The third kappa shape index (κ3) is 4.28. The molecule has 28 heavy (non-hydrogen) atoms. The van der Waals surface area contributed by atoms with E-state index in [2.05, 4.69) is 4.90 Å². The van der Waals surface area contributed by atoms with Gasteiger partial charge in [0.05, 0.1) is 9.79 Å². The molecule has 3 rings (SSSR count). The average molecular weight is 430 g/mol. The Balaban J connectivity index is 1.71. The van der Waals surface area contributed by atoms with Crippen LogP contribution in [0.4, 0.5) is 0 Å². The molecular formula is C19H31N3O4S2. The molecule has 2 aliphatic rings. The summed E-state index contributed by atoms with van der Waals surface area (Å²) in [6.07, 6.45) is 4.97. The van der Waals surface area contributed by atoms with Gasteiger partial charge in [0.2, 0.25) is 20.0 Å². The summed E-state index contributed by atoms with van der Waals surface area (Å²) in [5.74, 6) is 0. The summed E-state index contributed by atoms with van der Waals surface area (Å²) < 4.78 is 54.0. The van der Waals surface area contributed by atoms with E-state index in [1.54, 1.807) is 13.8 Å². The second-order valence-electron chi connectivity index (χ2n) is 7.44. The van der Waals surface area contributed by atoms with Gasteiger partial charge >= 0.3 is 0 Å². The van der Waals surface area contributed by atoms with Gasteiger partial charge in [-0.3, -0.25) is 4.90 Å². The highest BCUT2D eigenvalue weighted by atomic mass is 32.2. The van der Waals surface area contributed by atoms with E-state index < -0.39 is 20.0 Å². The summed E-state index contributed by atoms with van der Waals surface area (Å²) in [7, 11) is -7.19. The summed E-state index contributed by atoms with van der Waals surface area (Å²) in [5.41, 5.74) is 0. The van der Waals surface area contributed by atoms with E-state index in [0.29, 0.717) is 32.2 Å². The molecule has 0 bridgehead atoms. The molecule has 1 saturated carbocycles. The molecule has 0 spiro atoms. The topological polar surface area (TPSA) is 78.0 Å². The number of sulfonamides is 2. The number of rotatable bonds is 7. The molecule has 0 atom stereocenters. The lowest BCUT2D eigenvalue weighted by Gasteiger charge is -2.37. The van der Waals surface area contributed by atoms with Crippen LogP contribution < -0.4 is 0 Å². The first-order valence-corrected chi connectivity index (χ1v) is 13.0. The molecule has 1 heterocycles. The zero-order valence-corrected chi connectivity index (χ0v) is 18.4. The molecule has 7 nitrogen and oxygen atoms in total. The molecule has 158 valence electrons. The standard InChI is InChI=1S/C19H31N3O4S2/c1-3-21(4-2)27(23,24)18-9-11-19(12-10-18)28(25,26)22-15-13-20(14-16-22)17-7-5-6-8-17/h9-12,17H,3-8,13-16H2,1-2H3. The fraction of sp³-hybridized carbons (Fsp3) is 0.684. The lowest BCUT2D eigenvalue weighted by Crippen LogP contribution is -2.51. The van der Waals surface area contributed by atoms with Crippen LogP contribution in [0.25, 0.3) is 0 Å². The molecule has 1 aliphatic heterocycles. The van der Waals surface area contributed by atoms with E-state index in [1.165, 1.54) is 58.6 Å². The largest absolute Gasteiger partial charge is 0.298 e. The van der Waals surface area contributed by atoms with Gasteiger partial charge in [0, 0.05) is 45.3 Å². The van der Waals surface area contributed by atoms with Gasteiger partial charge in [0.25, 0.3) is 0 Å². The summed E-state index contributed by atoms with van der Waals surface area (Å²) in [6.45, 7) is 6.82. The van der Waals surface area contributed by atoms with Gasteiger partial charge in [-0.2, -0.15) is 8.61 Å². The van der Waals surface area contributed by atoms with Crippen molar-refractivity contribution in [2.75, 3.05) is 39.3 Å². The van der Waals surface area contributed by atoms with E-state index in [0.717, 1.165) is 13.1 Å². The number of benzene rings is 1. The predicted molar refractivity (Wildman–Crippen MR) is 109 cm³/mol. The third-order valence-corrected chi connectivity index (χ3v) is 9.90. The summed E-state index contributed by atoms with van der Waals surface area (Å²) in [6, 6.07) is 6.23. The first-order valence-electron chi connectivity index (χ1n) is 10.1. The van der Waals surface area contributed by atoms with Crippen molar-refractivity contribution in [1.29, 1.82) is 0 Å². The van der Waals surface area contributed by atoms with Gasteiger partial charge in [-0.05, 0) is 37.1 Å². The van der Waals surface area contributed by atoms with Gasteiger partial charge in [0.1, 0.15) is 0 Å². The Hall–Kier alpha value is -1.00. The van der Waals surface area contributed by atoms with Crippen molar-refractivity contribution >= 4 is 20.0 Å². The second kappa shape index (κ2) is 8.79. The predicted octanol–water partition coefficient (Wildman–Crippen LogP) is 1.97. The van der Waals surface area contributed by atoms with Gasteiger partial charge < -0.3 is 0 Å². The van der Waals surface area contributed by atoms with Crippen LogP contribution in [-0.2, 0) is 20.0 Å². The van der Waals surface area contributed by atoms with Gasteiger partial charge in [-0.15, -0.1) is 0 Å². The number of hydrogen-bond acceptors (Lipinski definition) is 5. The van der Waals surface area contributed by atoms with Gasteiger partial charge in [-0.25, -0.2) is 16.8 Å². The van der Waals surface area contributed by atoms with Crippen LogP contribution in [0.2, 0.25) is 0 Å².